The van der Waals surface area contributed by atoms with E-state index in [9.17, 15) is 4.79 Å². The lowest BCUT2D eigenvalue weighted by atomic mass is 10.1. The minimum atomic E-state index is -1.46. The molecule has 0 aromatic heterocycles. The molecule has 1 saturated carbocycles. The molecule has 10 heteroatoms. The third kappa shape index (κ3) is 11.9. The molecule has 0 saturated heterocycles. The second-order valence-electron chi connectivity index (χ2n) is 10.1. The van der Waals surface area contributed by atoms with E-state index in [0.717, 1.165) is 31.1 Å². The van der Waals surface area contributed by atoms with Gasteiger partial charge in [0, 0.05) is 38.1 Å². The van der Waals surface area contributed by atoms with Crippen molar-refractivity contribution in [3.05, 3.63) is 0 Å². The number of hydrogen-bond donors (Lipinski definition) is 2. The molecule has 2 aliphatic carbocycles. The maximum absolute atomic E-state index is 12.0. The van der Waals surface area contributed by atoms with Gasteiger partial charge in [0.1, 0.15) is 6.10 Å². The van der Waals surface area contributed by atoms with Crippen LogP contribution >= 0.6 is 8.53 Å². The zero-order valence-corrected chi connectivity index (χ0v) is 23.8. The van der Waals surface area contributed by atoms with Gasteiger partial charge in [-0.25, -0.2) is 9.46 Å². The predicted molar refractivity (Wildman–Crippen MR) is 143 cm³/mol. The third-order valence-electron chi connectivity index (χ3n) is 6.65. The van der Waals surface area contributed by atoms with Gasteiger partial charge >= 0.3 is 6.09 Å². The first-order valence-electron chi connectivity index (χ1n) is 14.1. The van der Waals surface area contributed by atoms with E-state index < -0.39 is 20.7 Å². The molecule has 5 atom stereocenters. The summed E-state index contributed by atoms with van der Waals surface area (Å²) in [6.07, 6.45) is 5.28. The number of carbonyl (C=O) groups is 1. The van der Waals surface area contributed by atoms with Crippen LogP contribution in [0, 0.1) is 40.9 Å². The van der Waals surface area contributed by atoms with Crippen LogP contribution < -0.4 is 5.32 Å². The quantitative estimate of drug-likeness (QED) is 0.139. The molecular weight excluding hydrogens is 493 g/mol. The lowest BCUT2D eigenvalue weighted by Gasteiger charge is -2.37. The van der Waals surface area contributed by atoms with E-state index in [-0.39, 0.29) is 38.3 Å². The number of ether oxygens (including phenoxy) is 2. The summed E-state index contributed by atoms with van der Waals surface area (Å²) in [5.74, 6) is 8.65. The van der Waals surface area contributed by atoms with E-state index in [1.165, 1.54) is 12.8 Å². The number of aliphatic hydroxyl groups excluding tert-OH is 1. The van der Waals surface area contributed by atoms with Crippen LogP contribution in [0.3, 0.4) is 0 Å². The van der Waals surface area contributed by atoms with Gasteiger partial charge in [-0.3, -0.25) is 0 Å². The number of fused-ring (bicyclic) bond motifs is 1. The average Bonchev–Trinajstić information content (AvgIpc) is 3.49. The molecule has 0 bridgehead atoms. The Morgan fingerprint density at radius 3 is 2.51 bits per heavy atom. The molecule has 0 aromatic carbocycles. The summed E-state index contributed by atoms with van der Waals surface area (Å²) in [7, 11) is -1.46. The Labute approximate surface area is 226 Å². The van der Waals surface area contributed by atoms with Crippen LogP contribution in [0.4, 0.5) is 4.79 Å². The van der Waals surface area contributed by atoms with E-state index in [2.05, 4.69) is 60.7 Å². The van der Waals surface area contributed by atoms with Gasteiger partial charge in [0.25, 0.3) is 8.53 Å². The fourth-order valence-electron chi connectivity index (χ4n) is 4.91. The summed E-state index contributed by atoms with van der Waals surface area (Å²) in [6.45, 7) is 10.1. The van der Waals surface area contributed by atoms with Crippen LogP contribution in [-0.4, -0.2) is 75.1 Å². The van der Waals surface area contributed by atoms with E-state index in [4.69, 9.17) is 25.2 Å². The van der Waals surface area contributed by atoms with Crippen molar-refractivity contribution in [1.82, 2.24) is 9.99 Å². The maximum Gasteiger partial charge on any atom is 0.407 e. The van der Waals surface area contributed by atoms with Crippen molar-refractivity contribution in [2.45, 2.75) is 90.8 Å². The molecule has 37 heavy (non-hydrogen) atoms. The maximum atomic E-state index is 12.0. The lowest BCUT2D eigenvalue weighted by molar-refractivity contribution is 0.00950. The summed E-state index contributed by atoms with van der Waals surface area (Å²) in [6, 6.07) is 2.42. The van der Waals surface area contributed by atoms with E-state index in [1.807, 2.05) is 0 Å². The number of nitriles is 1. The summed E-state index contributed by atoms with van der Waals surface area (Å²) in [4.78, 5) is 12.0. The average molecular weight is 541 g/mol. The Morgan fingerprint density at radius 2 is 1.89 bits per heavy atom. The first-order valence-corrected chi connectivity index (χ1v) is 14.8. The van der Waals surface area contributed by atoms with Gasteiger partial charge in [-0.2, -0.15) is 5.26 Å². The zero-order chi connectivity index (χ0) is 27.8. The van der Waals surface area contributed by atoms with Crippen LogP contribution in [0.1, 0.15) is 72.6 Å². The normalized spacial score (nSPS) is 22.6. The van der Waals surface area contributed by atoms with Crippen LogP contribution in [-0.2, 0) is 18.5 Å². The molecule has 0 aromatic rings. The Bertz CT molecular complexity index is 761. The molecule has 2 unspecified atom stereocenters. The van der Waals surface area contributed by atoms with Crippen molar-refractivity contribution in [2.75, 3.05) is 39.6 Å². The highest BCUT2D eigenvalue weighted by molar-refractivity contribution is 7.44. The smallest absolute Gasteiger partial charge is 0.407 e. The second-order valence-corrected chi connectivity index (χ2v) is 11.5. The number of nitrogens with one attached hydrogen (secondary N) is 1. The number of hydrogen-bond acceptors (Lipinski definition) is 8. The molecule has 1 amide bonds. The molecule has 2 rings (SSSR count). The summed E-state index contributed by atoms with van der Waals surface area (Å²) < 4.78 is 32.5. The largest absolute Gasteiger partial charge is 0.450 e. The van der Waals surface area contributed by atoms with Crippen molar-refractivity contribution < 1.29 is 28.4 Å². The third-order valence-corrected chi connectivity index (χ3v) is 8.83. The van der Waals surface area contributed by atoms with Gasteiger partial charge in [0.05, 0.1) is 38.9 Å². The Kier molecular flexibility index (Phi) is 14.6. The molecule has 0 radical (unpaired) electrons. The fourth-order valence-corrected chi connectivity index (χ4v) is 6.59. The minimum Gasteiger partial charge on any atom is -0.450 e. The molecule has 2 aliphatic rings. The van der Waals surface area contributed by atoms with Gasteiger partial charge < -0.3 is 28.9 Å². The standard InChI is InChI=1S/C27H46N3O6P/c1-21(2)30(22(3)4)37(35-17-9-14-28)36-23(19-31)20-33-16-10-15-29-27(32)34-18-13-26-24-11-7-5-6-8-12-25(24)26/h21-26,31H,7-13,15-20H2,1-4H3,(H,29,32)/t23?,24-,25+,26-,37?/i31D. The van der Waals surface area contributed by atoms with Gasteiger partial charge in [-0.1, -0.05) is 0 Å². The Morgan fingerprint density at radius 1 is 1.19 bits per heavy atom. The monoisotopic (exact) mass is 540 g/mol. The van der Waals surface area contributed by atoms with Crippen molar-refractivity contribution in [2.24, 2.45) is 17.8 Å². The summed E-state index contributed by atoms with van der Waals surface area (Å²) in [5.41, 5.74) is 0. The predicted octanol–water partition coefficient (Wildman–Crippen LogP) is 4.60. The van der Waals surface area contributed by atoms with Crippen LogP contribution in [0.2, 0.25) is 0 Å². The van der Waals surface area contributed by atoms with Crippen LogP contribution in [0.25, 0.3) is 0 Å². The molecule has 2 N–H and O–H groups in total. The van der Waals surface area contributed by atoms with Gasteiger partial charge in [-0.15, -0.1) is 11.8 Å². The molecule has 0 aliphatic heterocycles. The second kappa shape index (κ2) is 17.9. The van der Waals surface area contributed by atoms with Gasteiger partial charge in [0.15, 0.2) is 0 Å². The number of aliphatic hydroxyl groups is 1. The lowest BCUT2D eigenvalue weighted by Crippen LogP contribution is -2.36. The van der Waals surface area contributed by atoms with Crippen LogP contribution in [0.15, 0.2) is 0 Å². The molecule has 1 fully saturated rings. The first-order chi connectivity index (χ1) is 18.4. The van der Waals surface area contributed by atoms with E-state index in [1.54, 1.807) is 0 Å². The molecule has 0 spiro atoms. The Hall–Kier alpha value is -1.45. The highest BCUT2D eigenvalue weighted by Crippen LogP contribution is 2.54. The summed E-state index contributed by atoms with van der Waals surface area (Å²) in [5, 5.41) is 16.2. The number of nitrogens with zero attached hydrogens (tertiary/aromatic N) is 2. The van der Waals surface area contributed by atoms with Crippen molar-refractivity contribution in [1.29, 1.82) is 6.69 Å². The van der Waals surface area contributed by atoms with Crippen molar-refractivity contribution >= 4 is 14.6 Å². The number of rotatable bonds is 19. The van der Waals surface area contributed by atoms with Crippen LogP contribution in [0.5, 0.6) is 0 Å². The molecule has 0 heterocycles. The molecule has 9 nitrogen and oxygen atoms in total. The van der Waals surface area contributed by atoms with Gasteiger partial charge in [0.2, 0.25) is 1.43 Å². The topological polar surface area (TPSA) is 113 Å². The Balaban J connectivity index is 1.62. The summed E-state index contributed by atoms with van der Waals surface area (Å²) >= 11 is 0. The zero-order valence-electron chi connectivity index (χ0n) is 23.9. The van der Waals surface area contributed by atoms with E-state index >= 15 is 0 Å². The fraction of sp³-hybridized carbons (Fsp3) is 0.852. The van der Waals surface area contributed by atoms with E-state index in [0.29, 0.717) is 32.1 Å². The highest BCUT2D eigenvalue weighted by atomic mass is 31.2. The van der Waals surface area contributed by atoms with Crippen molar-refractivity contribution in [3.8, 4) is 17.9 Å². The molecular formula is C27H46N3O6P. The molecule has 210 valence electrons. The minimum absolute atomic E-state index is 0.0325. The number of alkyl carbamates (subject to hydrolysis) is 1. The number of carbonyl (C=O) groups excluding carboxylic acids is 1. The van der Waals surface area contributed by atoms with Gasteiger partial charge in [-0.05, 0) is 71.1 Å². The highest BCUT2D eigenvalue weighted by Gasteiger charge is 2.48. The first kappa shape index (κ1) is 30.1. The van der Waals surface area contributed by atoms with Crippen molar-refractivity contribution in [3.63, 3.8) is 0 Å². The SMILES string of the molecule is [2H]OCC(COCCCNC(=O)OCC[C@@H]1[C@@H]2CCC#CCC[C@@H]21)OP(OCCC#N)N(C(C)C)C(C)C. The number of amides is 1.